The molecule has 10 heteroatoms. The molecule has 4 rings (SSSR count). The molecule has 3 aromatic heterocycles. The fourth-order valence-electron chi connectivity index (χ4n) is 3.03. The summed E-state index contributed by atoms with van der Waals surface area (Å²) in [6.45, 7) is 3.10. The van der Waals surface area contributed by atoms with Gasteiger partial charge >= 0.3 is 0 Å². The van der Waals surface area contributed by atoms with Crippen LogP contribution in [0.3, 0.4) is 0 Å². The second kappa shape index (κ2) is 7.26. The minimum atomic E-state index is -0.0695. The van der Waals surface area contributed by atoms with Crippen LogP contribution < -0.4 is 5.32 Å². The molecule has 1 saturated heterocycles. The number of aryl methyl sites for hydroxylation is 1. The van der Waals surface area contributed by atoms with Gasteiger partial charge in [0.25, 0.3) is 0 Å². The van der Waals surface area contributed by atoms with Crippen molar-refractivity contribution in [2.24, 2.45) is 0 Å². The third kappa shape index (κ3) is 3.60. The number of nitrogens with one attached hydrogen (secondary N) is 2. The lowest BCUT2D eigenvalue weighted by Gasteiger charge is -2.21. The van der Waals surface area contributed by atoms with E-state index in [2.05, 4.69) is 40.3 Å². The van der Waals surface area contributed by atoms with Crippen LogP contribution in [0.15, 0.2) is 24.8 Å². The van der Waals surface area contributed by atoms with Crippen molar-refractivity contribution in [3.8, 4) is 11.5 Å². The molecular formula is C16H18N8OS. The molecule has 3 aromatic rings. The summed E-state index contributed by atoms with van der Waals surface area (Å²) >= 11 is 1.47. The maximum Gasteiger partial charge on any atom is 0.240 e. The Hall–Kier alpha value is -2.72. The first-order valence-electron chi connectivity index (χ1n) is 8.34. The molecule has 0 saturated carbocycles. The molecule has 1 aliphatic rings. The zero-order valence-corrected chi connectivity index (χ0v) is 15.0. The Balaban J connectivity index is 1.43. The van der Waals surface area contributed by atoms with Gasteiger partial charge in [-0.2, -0.15) is 5.10 Å². The van der Waals surface area contributed by atoms with E-state index in [4.69, 9.17) is 0 Å². The molecule has 0 radical (unpaired) electrons. The van der Waals surface area contributed by atoms with E-state index in [1.54, 1.807) is 24.8 Å². The fourth-order valence-corrected chi connectivity index (χ4v) is 3.71. The highest BCUT2D eigenvalue weighted by atomic mass is 32.1. The number of rotatable bonds is 5. The Morgan fingerprint density at radius 3 is 3.08 bits per heavy atom. The van der Waals surface area contributed by atoms with E-state index < -0.39 is 0 Å². The number of hydrogen-bond donors (Lipinski definition) is 2. The van der Waals surface area contributed by atoms with Crippen molar-refractivity contribution in [1.29, 1.82) is 0 Å². The van der Waals surface area contributed by atoms with Crippen molar-refractivity contribution in [3.63, 3.8) is 0 Å². The average Bonchev–Trinajstić information content (AvgIpc) is 3.37. The van der Waals surface area contributed by atoms with E-state index in [0.717, 1.165) is 30.1 Å². The molecule has 1 fully saturated rings. The lowest BCUT2D eigenvalue weighted by atomic mass is 10.2. The van der Waals surface area contributed by atoms with Gasteiger partial charge in [-0.25, -0.2) is 15.0 Å². The number of carbonyl (C=O) groups excluding carboxylic acids is 1. The topological polar surface area (TPSA) is 113 Å². The summed E-state index contributed by atoms with van der Waals surface area (Å²) < 4.78 is 0. The molecule has 4 heterocycles. The van der Waals surface area contributed by atoms with Crippen LogP contribution in [-0.4, -0.2) is 54.0 Å². The summed E-state index contributed by atoms with van der Waals surface area (Å²) in [5.41, 5.74) is 0.622. The number of aromatic amines is 1. The smallest absolute Gasteiger partial charge is 0.240 e. The Kier molecular flexibility index (Phi) is 4.67. The lowest BCUT2D eigenvalue weighted by molar-refractivity contribution is -0.117. The van der Waals surface area contributed by atoms with Gasteiger partial charge < -0.3 is 5.32 Å². The largest absolute Gasteiger partial charge is 0.301 e. The summed E-state index contributed by atoms with van der Waals surface area (Å²) in [5, 5.41) is 10.7. The van der Waals surface area contributed by atoms with Gasteiger partial charge in [-0.05, 0) is 26.3 Å². The monoisotopic (exact) mass is 370 g/mol. The Bertz CT molecular complexity index is 893. The summed E-state index contributed by atoms with van der Waals surface area (Å²) in [5.74, 6) is 1.20. The number of thiazole rings is 1. The number of carbonyl (C=O) groups is 1. The zero-order valence-electron chi connectivity index (χ0n) is 14.2. The summed E-state index contributed by atoms with van der Waals surface area (Å²) in [4.78, 5) is 32.5. The van der Waals surface area contributed by atoms with Crippen LogP contribution in [-0.2, 0) is 4.79 Å². The normalized spacial score (nSPS) is 17.5. The van der Waals surface area contributed by atoms with Crippen molar-refractivity contribution < 1.29 is 4.79 Å². The highest BCUT2D eigenvalue weighted by molar-refractivity contribution is 7.15. The van der Waals surface area contributed by atoms with Gasteiger partial charge in [0.2, 0.25) is 11.7 Å². The van der Waals surface area contributed by atoms with Gasteiger partial charge in [-0.3, -0.25) is 19.8 Å². The molecule has 0 bridgehead atoms. The molecule has 1 amide bonds. The second-order valence-electron chi connectivity index (χ2n) is 6.09. The molecule has 2 N–H and O–H groups in total. The molecule has 9 nitrogen and oxygen atoms in total. The fraction of sp³-hybridized carbons (Fsp3) is 0.375. The molecular weight excluding hydrogens is 352 g/mol. The number of amides is 1. The van der Waals surface area contributed by atoms with Crippen LogP contribution in [0.2, 0.25) is 0 Å². The van der Waals surface area contributed by atoms with Crippen LogP contribution in [0, 0.1) is 6.92 Å². The first-order valence-corrected chi connectivity index (χ1v) is 9.16. The standard InChI is InChI=1S/C16H18N8OS/c1-10-7-19-16(26-10)20-13(25)9-24-6-2-3-12(24)15-21-14(22-23-15)11-8-17-4-5-18-11/h4-5,7-8,12H,2-3,6,9H2,1H3,(H,19,20,25)(H,21,22,23). The van der Waals surface area contributed by atoms with Crippen LogP contribution in [0.1, 0.15) is 29.6 Å². The maximum absolute atomic E-state index is 12.3. The van der Waals surface area contributed by atoms with E-state index in [9.17, 15) is 4.79 Å². The SMILES string of the molecule is Cc1cnc(NC(=O)CN2CCCC2c2nc(-c3cnccn3)n[nH]2)s1. The summed E-state index contributed by atoms with van der Waals surface area (Å²) in [7, 11) is 0. The van der Waals surface area contributed by atoms with E-state index in [1.807, 2.05) is 6.92 Å². The van der Waals surface area contributed by atoms with Crippen molar-refractivity contribution >= 4 is 22.4 Å². The van der Waals surface area contributed by atoms with E-state index >= 15 is 0 Å². The van der Waals surface area contributed by atoms with E-state index in [-0.39, 0.29) is 11.9 Å². The van der Waals surface area contributed by atoms with Crippen molar-refractivity contribution in [1.82, 2.24) is 35.0 Å². The Morgan fingerprint density at radius 1 is 1.38 bits per heavy atom. The van der Waals surface area contributed by atoms with Crippen molar-refractivity contribution in [3.05, 3.63) is 35.5 Å². The molecule has 26 heavy (non-hydrogen) atoms. The first kappa shape index (κ1) is 16.7. The molecule has 134 valence electrons. The molecule has 0 aromatic carbocycles. The zero-order chi connectivity index (χ0) is 17.9. The molecule has 1 aliphatic heterocycles. The maximum atomic E-state index is 12.3. The summed E-state index contributed by atoms with van der Waals surface area (Å²) in [6.07, 6.45) is 8.54. The number of hydrogen-bond acceptors (Lipinski definition) is 8. The van der Waals surface area contributed by atoms with Gasteiger partial charge in [-0.1, -0.05) is 0 Å². The quantitative estimate of drug-likeness (QED) is 0.704. The average molecular weight is 370 g/mol. The third-order valence-corrected chi connectivity index (χ3v) is 5.02. The van der Waals surface area contributed by atoms with Gasteiger partial charge in [0, 0.05) is 23.5 Å². The minimum Gasteiger partial charge on any atom is -0.301 e. The number of likely N-dealkylation sites (tertiary alicyclic amines) is 1. The first-order chi connectivity index (χ1) is 12.7. The molecule has 1 unspecified atom stereocenters. The predicted molar refractivity (Wildman–Crippen MR) is 96.4 cm³/mol. The Morgan fingerprint density at radius 2 is 2.31 bits per heavy atom. The number of aromatic nitrogens is 6. The predicted octanol–water partition coefficient (Wildman–Crippen LogP) is 1.80. The van der Waals surface area contributed by atoms with Crippen LogP contribution in [0.5, 0.6) is 0 Å². The van der Waals surface area contributed by atoms with Gasteiger partial charge in [0.1, 0.15) is 11.5 Å². The minimum absolute atomic E-state index is 0.0386. The van der Waals surface area contributed by atoms with E-state index in [1.165, 1.54) is 11.3 Å². The number of nitrogens with zero attached hydrogens (tertiary/aromatic N) is 6. The molecule has 0 aliphatic carbocycles. The molecule has 0 spiro atoms. The molecule has 1 atom stereocenters. The van der Waals surface area contributed by atoms with Gasteiger partial charge in [-0.15, -0.1) is 11.3 Å². The van der Waals surface area contributed by atoms with Crippen molar-refractivity contribution in [2.45, 2.75) is 25.8 Å². The van der Waals surface area contributed by atoms with Crippen LogP contribution >= 0.6 is 11.3 Å². The summed E-state index contributed by atoms with van der Waals surface area (Å²) in [6, 6.07) is 0.0386. The van der Waals surface area contributed by atoms with Crippen molar-refractivity contribution in [2.75, 3.05) is 18.4 Å². The van der Waals surface area contributed by atoms with Gasteiger partial charge in [0.15, 0.2) is 5.13 Å². The van der Waals surface area contributed by atoms with Gasteiger partial charge in [0.05, 0.1) is 18.8 Å². The third-order valence-electron chi connectivity index (χ3n) is 4.19. The van der Waals surface area contributed by atoms with E-state index in [0.29, 0.717) is 23.2 Å². The second-order valence-corrected chi connectivity index (χ2v) is 7.32. The number of anilines is 1. The van der Waals surface area contributed by atoms with Crippen LogP contribution in [0.25, 0.3) is 11.5 Å². The lowest BCUT2D eigenvalue weighted by Crippen LogP contribution is -2.33. The van der Waals surface area contributed by atoms with Crippen LogP contribution in [0.4, 0.5) is 5.13 Å². The number of H-pyrrole nitrogens is 1. The highest BCUT2D eigenvalue weighted by Crippen LogP contribution is 2.30. The Labute approximate surface area is 153 Å². The highest BCUT2D eigenvalue weighted by Gasteiger charge is 2.30.